The van der Waals surface area contributed by atoms with E-state index in [2.05, 4.69) is 5.32 Å². The second kappa shape index (κ2) is 11.8. The zero-order valence-electron chi connectivity index (χ0n) is 17.7. The van der Waals surface area contributed by atoms with E-state index in [1.165, 1.54) is 12.1 Å². The van der Waals surface area contributed by atoms with E-state index >= 15 is 0 Å². The molecule has 1 N–H and O–H groups in total. The van der Waals surface area contributed by atoms with Crippen molar-refractivity contribution in [3.8, 4) is 23.3 Å². The molecule has 0 saturated heterocycles. The molecule has 0 fully saturated rings. The van der Waals surface area contributed by atoms with Crippen LogP contribution in [0.25, 0.3) is 6.08 Å². The number of amides is 1. The van der Waals surface area contributed by atoms with Crippen LogP contribution in [-0.4, -0.2) is 26.2 Å². The lowest BCUT2D eigenvalue weighted by Gasteiger charge is -2.13. The summed E-state index contributed by atoms with van der Waals surface area (Å²) >= 11 is 12.5. The zero-order valence-corrected chi connectivity index (χ0v) is 19.2. The van der Waals surface area contributed by atoms with Gasteiger partial charge in [0.2, 0.25) is 0 Å². The first kappa shape index (κ1) is 24.0. The average molecular weight is 483 g/mol. The Labute approximate surface area is 201 Å². The van der Waals surface area contributed by atoms with Gasteiger partial charge in [-0.05, 0) is 42.5 Å². The second-order valence-corrected chi connectivity index (χ2v) is 7.52. The van der Waals surface area contributed by atoms with Crippen LogP contribution in [0.4, 0.5) is 5.69 Å². The normalized spacial score (nSPS) is 10.8. The lowest BCUT2D eigenvalue weighted by Crippen LogP contribution is -2.13. The first-order chi connectivity index (χ1) is 16.0. The standard InChI is InChI=1S/C25H20Cl2N2O4/c1-31-21-8-5-9-22(15-21)32-10-11-33-24-17(13-19(26)14-23(24)27)12-18(16-28)25(30)29-20-6-3-2-4-7-20/h2-9,12-15H,10-11H2,1H3,(H,29,30)/b18-12+. The third kappa shape index (κ3) is 6.91. The highest BCUT2D eigenvalue weighted by Gasteiger charge is 2.14. The predicted molar refractivity (Wildman–Crippen MR) is 129 cm³/mol. The third-order valence-corrected chi connectivity index (χ3v) is 4.87. The predicted octanol–water partition coefficient (Wildman–Crippen LogP) is 6.01. The highest BCUT2D eigenvalue weighted by Crippen LogP contribution is 2.34. The molecule has 0 aliphatic carbocycles. The number of carbonyl (C=O) groups excluding carboxylic acids is 1. The Bertz CT molecular complexity index is 1190. The van der Waals surface area contributed by atoms with E-state index in [1.807, 2.05) is 24.3 Å². The Balaban J connectivity index is 1.73. The van der Waals surface area contributed by atoms with Crippen molar-refractivity contribution in [3.05, 3.63) is 87.9 Å². The fourth-order valence-corrected chi connectivity index (χ4v) is 3.42. The van der Waals surface area contributed by atoms with Crippen LogP contribution >= 0.6 is 23.2 Å². The molecule has 33 heavy (non-hydrogen) atoms. The average Bonchev–Trinajstić information content (AvgIpc) is 2.82. The number of para-hydroxylation sites is 1. The van der Waals surface area contributed by atoms with Crippen molar-refractivity contribution in [2.75, 3.05) is 25.6 Å². The number of ether oxygens (including phenoxy) is 3. The molecule has 0 spiro atoms. The van der Waals surface area contributed by atoms with Gasteiger partial charge in [0, 0.05) is 22.3 Å². The smallest absolute Gasteiger partial charge is 0.266 e. The van der Waals surface area contributed by atoms with Crippen molar-refractivity contribution in [1.82, 2.24) is 0 Å². The van der Waals surface area contributed by atoms with Crippen molar-refractivity contribution >= 4 is 40.9 Å². The van der Waals surface area contributed by atoms with E-state index in [0.29, 0.717) is 27.8 Å². The lowest BCUT2D eigenvalue weighted by molar-refractivity contribution is -0.112. The van der Waals surface area contributed by atoms with Crippen LogP contribution in [0.3, 0.4) is 0 Å². The van der Waals surface area contributed by atoms with Crippen LogP contribution in [0.15, 0.2) is 72.3 Å². The minimum Gasteiger partial charge on any atom is -0.497 e. The van der Waals surface area contributed by atoms with Crippen molar-refractivity contribution < 1.29 is 19.0 Å². The fraction of sp³-hybridized carbons (Fsp3) is 0.120. The van der Waals surface area contributed by atoms with Crippen LogP contribution in [0.5, 0.6) is 17.2 Å². The number of methoxy groups -OCH3 is 1. The number of nitrogens with one attached hydrogen (secondary N) is 1. The number of carbonyl (C=O) groups is 1. The minimum absolute atomic E-state index is 0.130. The maximum Gasteiger partial charge on any atom is 0.266 e. The first-order valence-corrected chi connectivity index (χ1v) is 10.6. The molecule has 0 aliphatic heterocycles. The molecule has 0 radical (unpaired) electrons. The Kier molecular flexibility index (Phi) is 8.59. The van der Waals surface area contributed by atoms with Gasteiger partial charge in [0.25, 0.3) is 5.91 Å². The van der Waals surface area contributed by atoms with Gasteiger partial charge in [0.1, 0.15) is 42.1 Å². The van der Waals surface area contributed by atoms with Gasteiger partial charge in [-0.3, -0.25) is 4.79 Å². The molecule has 3 aromatic rings. The number of halogens is 2. The van der Waals surface area contributed by atoms with E-state index in [-0.39, 0.29) is 29.6 Å². The molecule has 8 heteroatoms. The van der Waals surface area contributed by atoms with Gasteiger partial charge in [-0.1, -0.05) is 47.5 Å². The molecule has 0 bridgehead atoms. The van der Waals surface area contributed by atoms with Crippen molar-refractivity contribution in [1.29, 1.82) is 5.26 Å². The molecule has 168 valence electrons. The van der Waals surface area contributed by atoms with Gasteiger partial charge in [0.05, 0.1) is 12.1 Å². The summed E-state index contributed by atoms with van der Waals surface area (Å²) in [6, 6.07) is 21.0. The van der Waals surface area contributed by atoms with Crippen LogP contribution in [0.1, 0.15) is 5.56 Å². The molecule has 6 nitrogen and oxygen atoms in total. The Hall–Kier alpha value is -3.66. The molecule has 1 amide bonds. The van der Waals surface area contributed by atoms with Crippen molar-refractivity contribution in [2.24, 2.45) is 0 Å². The topological polar surface area (TPSA) is 80.6 Å². The molecule has 3 aromatic carbocycles. The van der Waals surface area contributed by atoms with Crippen molar-refractivity contribution in [3.63, 3.8) is 0 Å². The first-order valence-electron chi connectivity index (χ1n) is 9.87. The van der Waals surface area contributed by atoms with Gasteiger partial charge in [-0.15, -0.1) is 0 Å². The SMILES string of the molecule is COc1cccc(OCCOc2c(Cl)cc(Cl)cc2/C=C(\C#N)C(=O)Nc2ccccc2)c1. The molecule has 0 saturated carbocycles. The summed E-state index contributed by atoms with van der Waals surface area (Å²) in [5.41, 5.74) is 0.835. The summed E-state index contributed by atoms with van der Waals surface area (Å²) in [6.07, 6.45) is 1.38. The molecule has 0 aromatic heterocycles. The van der Waals surface area contributed by atoms with E-state index in [1.54, 1.807) is 49.6 Å². The molecule has 3 rings (SSSR count). The van der Waals surface area contributed by atoms with E-state index in [9.17, 15) is 10.1 Å². The fourth-order valence-electron chi connectivity index (χ4n) is 2.86. The number of benzene rings is 3. The molecular formula is C25H20Cl2N2O4. The van der Waals surface area contributed by atoms with Gasteiger partial charge < -0.3 is 19.5 Å². The largest absolute Gasteiger partial charge is 0.497 e. The monoisotopic (exact) mass is 482 g/mol. The van der Waals surface area contributed by atoms with Gasteiger partial charge in [-0.2, -0.15) is 5.26 Å². The highest BCUT2D eigenvalue weighted by atomic mass is 35.5. The maximum absolute atomic E-state index is 12.6. The van der Waals surface area contributed by atoms with Gasteiger partial charge in [-0.25, -0.2) is 0 Å². The van der Waals surface area contributed by atoms with Crippen LogP contribution < -0.4 is 19.5 Å². The maximum atomic E-state index is 12.6. The summed E-state index contributed by atoms with van der Waals surface area (Å²) in [6.45, 7) is 0.395. The number of anilines is 1. The number of nitrogens with zero attached hydrogens (tertiary/aromatic N) is 1. The number of hydrogen-bond donors (Lipinski definition) is 1. The van der Waals surface area contributed by atoms with E-state index in [0.717, 1.165) is 0 Å². The Morgan fingerprint density at radius 2 is 1.73 bits per heavy atom. The molecule has 0 aliphatic rings. The number of rotatable bonds is 9. The summed E-state index contributed by atoms with van der Waals surface area (Å²) < 4.78 is 16.7. The van der Waals surface area contributed by atoms with Crippen LogP contribution in [-0.2, 0) is 4.79 Å². The summed E-state index contributed by atoms with van der Waals surface area (Å²) in [4.78, 5) is 12.6. The number of nitriles is 1. The quantitative estimate of drug-likeness (QED) is 0.229. The Morgan fingerprint density at radius 1 is 1.00 bits per heavy atom. The van der Waals surface area contributed by atoms with Gasteiger partial charge >= 0.3 is 0 Å². The molecule has 0 heterocycles. The molecule has 0 unspecified atom stereocenters. The van der Waals surface area contributed by atoms with Gasteiger partial charge in [0.15, 0.2) is 0 Å². The lowest BCUT2D eigenvalue weighted by atomic mass is 10.1. The van der Waals surface area contributed by atoms with Crippen LogP contribution in [0.2, 0.25) is 10.0 Å². The molecular weight excluding hydrogens is 463 g/mol. The molecule has 0 atom stereocenters. The number of hydrogen-bond acceptors (Lipinski definition) is 5. The summed E-state index contributed by atoms with van der Waals surface area (Å²) in [7, 11) is 1.58. The van der Waals surface area contributed by atoms with E-state index < -0.39 is 5.91 Å². The Morgan fingerprint density at radius 3 is 2.45 bits per heavy atom. The summed E-state index contributed by atoms with van der Waals surface area (Å²) in [5.74, 6) is 1.03. The summed E-state index contributed by atoms with van der Waals surface area (Å²) in [5, 5.41) is 12.8. The van der Waals surface area contributed by atoms with Crippen LogP contribution in [0, 0.1) is 11.3 Å². The second-order valence-electron chi connectivity index (χ2n) is 6.67. The van der Waals surface area contributed by atoms with E-state index in [4.69, 9.17) is 37.4 Å². The zero-order chi connectivity index (χ0) is 23.6. The third-order valence-electron chi connectivity index (χ3n) is 4.37. The van der Waals surface area contributed by atoms with Crippen molar-refractivity contribution in [2.45, 2.75) is 0 Å². The minimum atomic E-state index is -0.563. The highest BCUT2D eigenvalue weighted by molar-refractivity contribution is 6.36.